The molecule has 6 aromatic rings. The third-order valence-electron chi connectivity index (χ3n) is 6.42. The number of aromatic amines is 1. The molecule has 0 spiro atoms. The van der Waals surface area contributed by atoms with Gasteiger partial charge in [-0.15, -0.1) is 0 Å². The van der Waals surface area contributed by atoms with E-state index in [1.165, 1.54) is 25.6 Å². The number of nitrogens with zero attached hydrogens (tertiary/aromatic N) is 3. The monoisotopic (exact) mass is 536 g/mol. The molecular formula is C28H17IN4. The number of pyridine rings is 2. The third-order valence-corrected chi connectivity index (χ3v) is 7.14. The fourth-order valence-corrected chi connectivity index (χ4v) is 5.34. The molecule has 33 heavy (non-hydrogen) atoms. The van der Waals surface area contributed by atoms with Crippen LogP contribution in [-0.4, -0.2) is 20.7 Å². The van der Waals surface area contributed by atoms with Crippen molar-refractivity contribution in [2.45, 2.75) is 6.42 Å². The zero-order chi connectivity index (χ0) is 21.9. The average molecular weight is 536 g/mol. The summed E-state index contributed by atoms with van der Waals surface area (Å²) in [5, 5.41) is 3.39. The standard InChI is InChI=1S/C28H17IN4/c29-17-11-9-16(10-12-17)25-24(19-5-1-2-8-22(19)32-25)23-15-21-18-6-3-13-30-27(18)28-20(26(21)33-23)7-4-14-31-28/h1-14,32H,15H2. The highest BCUT2D eigenvalue weighted by Crippen LogP contribution is 2.43. The van der Waals surface area contributed by atoms with Crippen molar-refractivity contribution in [1.29, 1.82) is 0 Å². The predicted octanol–water partition coefficient (Wildman–Crippen LogP) is 7.21. The maximum atomic E-state index is 5.25. The van der Waals surface area contributed by atoms with Crippen molar-refractivity contribution >= 4 is 66.7 Å². The van der Waals surface area contributed by atoms with Gasteiger partial charge in [-0.25, -0.2) is 0 Å². The van der Waals surface area contributed by atoms with E-state index in [9.17, 15) is 0 Å². The summed E-state index contributed by atoms with van der Waals surface area (Å²) in [5.74, 6) is 0. The lowest BCUT2D eigenvalue weighted by Gasteiger charge is -2.08. The van der Waals surface area contributed by atoms with Gasteiger partial charge in [0.05, 0.1) is 28.1 Å². The summed E-state index contributed by atoms with van der Waals surface area (Å²) in [6.07, 6.45) is 4.44. The van der Waals surface area contributed by atoms with Gasteiger partial charge >= 0.3 is 0 Å². The first-order chi connectivity index (χ1) is 16.3. The zero-order valence-corrected chi connectivity index (χ0v) is 19.7. The van der Waals surface area contributed by atoms with Crippen LogP contribution in [0.5, 0.6) is 0 Å². The first-order valence-electron chi connectivity index (χ1n) is 10.9. The molecule has 0 fully saturated rings. The van der Waals surface area contributed by atoms with Crippen LogP contribution in [0.4, 0.5) is 5.69 Å². The smallest absolute Gasteiger partial charge is 0.0986 e. The molecule has 156 valence electrons. The van der Waals surface area contributed by atoms with Gasteiger partial charge in [0.15, 0.2) is 0 Å². The number of nitrogens with one attached hydrogen (secondary N) is 1. The van der Waals surface area contributed by atoms with E-state index in [1.54, 1.807) is 0 Å². The Bertz CT molecular complexity index is 1750. The number of benzene rings is 3. The quantitative estimate of drug-likeness (QED) is 0.188. The Labute approximate surface area is 203 Å². The highest BCUT2D eigenvalue weighted by molar-refractivity contribution is 14.1. The molecule has 3 aromatic carbocycles. The Morgan fingerprint density at radius 1 is 0.727 bits per heavy atom. The summed E-state index contributed by atoms with van der Waals surface area (Å²) in [4.78, 5) is 18.3. The first-order valence-corrected chi connectivity index (χ1v) is 11.9. The van der Waals surface area contributed by atoms with E-state index >= 15 is 0 Å². The topological polar surface area (TPSA) is 53.9 Å². The molecule has 0 saturated carbocycles. The Morgan fingerprint density at radius 2 is 1.42 bits per heavy atom. The van der Waals surface area contributed by atoms with Crippen LogP contribution in [0, 0.1) is 3.57 Å². The van der Waals surface area contributed by atoms with E-state index in [0.29, 0.717) is 0 Å². The number of hydrogen-bond donors (Lipinski definition) is 1. The van der Waals surface area contributed by atoms with Crippen molar-refractivity contribution in [2.75, 3.05) is 0 Å². The second kappa shape index (κ2) is 7.22. The molecule has 0 amide bonds. The molecule has 0 atom stereocenters. The molecule has 5 heteroatoms. The molecule has 3 aromatic heterocycles. The van der Waals surface area contributed by atoms with E-state index in [0.717, 1.165) is 50.8 Å². The van der Waals surface area contributed by atoms with Gasteiger partial charge in [0.1, 0.15) is 0 Å². The second-order valence-electron chi connectivity index (χ2n) is 8.29. The minimum atomic E-state index is 0.765. The van der Waals surface area contributed by atoms with Crippen molar-refractivity contribution in [2.24, 2.45) is 4.99 Å². The summed E-state index contributed by atoms with van der Waals surface area (Å²) >= 11 is 2.35. The third kappa shape index (κ3) is 2.85. The van der Waals surface area contributed by atoms with Gasteiger partial charge in [0.2, 0.25) is 0 Å². The lowest BCUT2D eigenvalue weighted by Crippen LogP contribution is -2.02. The predicted molar refractivity (Wildman–Crippen MR) is 143 cm³/mol. The minimum absolute atomic E-state index is 0.765. The molecule has 1 aliphatic rings. The zero-order valence-electron chi connectivity index (χ0n) is 17.5. The summed E-state index contributed by atoms with van der Waals surface area (Å²) in [6.45, 7) is 0. The molecule has 0 bridgehead atoms. The number of halogens is 1. The van der Waals surface area contributed by atoms with Gasteiger partial charge in [0, 0.05) is 49.6 Å². The number of hydrogen-bond acceptors (Lipinski definition) is 3. The number of rotatable bonds is 2. The van der Waals surface area contributed by atoms with Crippen LogP contribution in [0.25, 0.3) is 44.0 Å². The van der Waals surface area contributed by atoms with Crippen LogP contribution in [0.2, 0.25) is 0 Å². The summed E-state index contributed by atoms with van der Waals surface area (Å²) in [5.41, 5.74) is 9.77. The SMILES string of the molecule is Ic1ccc(-c2[nH]c3ccccc3c2C2=Nc3c(c4cccnc4c4ncccc34)C2)cc1. The lowest BCUT2D eigenvalue weighted by atomic mass is 9.95. The van der Waals surface area contributed by atoms with Gasteiger partial charge in [-0.05, 0) is 70.1 Å². The Morgan fingerprint density at radius 3 is 2.24 bits per heavy atom. The van der Waals surface area contributed by atoms with Crippen molar-refractivity contribution in [3.05, 3.63) is 99.9 Å². The summed E-state index contributed by atoms with van der Waals surface area (Å²) in [6, 6.07) is 25.4. The molecule has 4 heterocycles. The molecule has 1 aliphatic heterocycles. The van der Waals surface area contributed by atoms with E-state index < -0.39 is 0 Å². The maximum absolute atomic E-state index is 5.25. The van der Waals surface area contributed by atoms with E-state index in [4.69, 9.17) is 4.99 Å². The highest BCUT2D eigenvalue weighted by Gasteiger charge is 2.26. The summed E-state index contributed by atoms with van der Waals surface area (Å²) in [7, 11) is 0. The Balaban J connectivity index is 1.52. The van der Waals surface area contributed by atoms with Gasteiger partial charge in [-0.1, -0.05) is 36.4 Å². The van der Waals surface area contributed by atoms with Crippen LogP contribution < -0.4 is 0 Å². The fourth-order valence-electron chi connectivity index (χ4n) is 4.98. The molecule has 0 aliphatic carbocycles. The molecule has 7 rings (SSSR count). The first kappa shape index (κ1) is 18.9. The number of fused-ring (bicyclic) bond motifs is 7. The fraction of sp³-hybridized carbons (Fsp3) is 0.0357. The van der Waals surface area contributed by atoms with Gasteiger partial charge in [-0.3, -0.25) is 15.0 Å². The maximum Gasteiger partial charge on any atom is 0.0986 e. The molecule has 1 N–H and O–H groups in total. The number of aliphatic imine (C=N–C) groups is 1. The van der Waals surface area contributed by atoms with Crippen LogP contribution >= 0.6 is 22.6 Å². The molecule has 0 saturated heterocycles. The number of aromatic nitrogens is 3. The Hall–Kier alpha value is -3.58. The van der Waals surface area contributed by atoms with E-state index in [2.05, 4.69) is 98.2 Å². The minimum Gasteiger partial charge on any atom is -0.354 e. The molecule has 4 nitrogen and oxygen atoms in total. The second-order valence-corrected chi connectivity index (χ2v) is 9.53. The molecular weight excluding hydrogens is 519 g/mol. The van der Waals surface area contributed by atoms with E-state index in [-0.39, 0.29) is 0 Å². The largest absolute Gasteiger partial charge is 0.354 e. The highest BCUT2D eigenvalue weighted by atomic mass is 127. The Kier molecular flexibility index (Phi) is 4.14. The van der Waals surface area contributed by atoms with E-state index in [1.807, 2.05) is 24.5 Å². The van der Waals surface area contributed by atoms with Gasteiger partial charge in [0.25, 0.3) is 0 Å². The molecule has 0 radical (unpaired) electrons. The number of H-pyrrole nitrogens is 1. The van der Waals surface area contributed by atoms with Crippen molar-refractivity contribution < 1.29 is 0 Å². The van der Waals surface area contributed by atoms with Crippen molar-refractivity contribution in [1.82, 2.24) is 15.0 Å². The lowest BCUT2D eigenvalue weighted by molar-refractivity contribution is 1.35. The number of para-hydroxylation sites is 1. The van der Waals surface area contributed by atoms with Crippen LogP contribution in [0.1, 0.15) is 11.1 Å². The summed E-state index contributed by atoms with van der Waals surface area (Å²) < 4.78 is 1.22. The van der Waals surface area contributed by atoms with Crippen molar-refractivity contribution in [3.8, 4) is 11.3 Å². The average Bonchev–Trinajstić information content (AvgIpc) is 3.47. The van der Waals surface area contributed by atoms with Crippen LogP contribution in [0.3, 0.4) is 0 Å². The molecule has 0 unspecified atom stereocenters. The van der Waals surface area contributed by atoms with Crippen LogP contribution in [-0.2, 0) is 6.42 Å². The van der Waals surface area contributed by atoms with Gasteiger partial charge < -0.3 is 4.98 Å². The van der Waals surface area contributed by atoms with Crippen LogP contribution in [0.15, 0.2) is 90.2 Å². The van der Waals surface area contributed by atoms with Crippen molar-refractivity contribution in [3.63, 3.8) is 0 Å². The van der Waals surface area contributed by atoms with Gasteiger partial charge in [-0.2, -0.15) is 0 Å². The normalized spacial score (nSPS) is 13.1.